The topological polar surface area (TPSA) is 54.4 Å². The Balaban J connectivity index is 2.02. The molecule has 1 N–H and O–H groups in total. The van der Waals surface area contributed by atoms with Crippen LogP contribution in [0.15, 0.2) is 95.9 Å². The number of Topliss-reactive ketones (excluding diaryl/α,β-unsaturated/α-hetero) is 1. The number of hydrogen-bond acceptors (Lipinski definition) is 3. The van der Waals surface area contributed by atoms with Gasteiger partial charge in [0.25, 0.3) is 0 Å². The highest BCUT2D eigenvalue weighted by Gasteiger charge is 2.37. The first kappa shape index (κ1) is 18.0. The number of aliphatic carboxylic acids is 1. The highest BCUT2D eigenvalue weighted by atomic mass is 32.2. The highest BCUT2D eigenvalue weighted by Crippen LogP contribution is 2.42. The number of thioether (sulfide) groups is 1. The standard InChI is InChI=1S/C22H18O3S/c23-20(16-10-4-1-5-11-16)19(22(24)25)21(17-12-6-2-7-13-17)26-18-14-8-3-9-15-18/h1-15,19,21H,(H,24,25). The van der Waals surface area contributed by atoms with Crippen molar-refractivity contribution >= 4 is 23.5 Å². The molecule has 26 heavy (non-hydrogen) atoms. The molecule has 0 bridgehead atoms. The first-order valence-corrected chi connectivity index (χ1v) is 9.13. The number of rotatable bonds is 7. The molecule has 4 heteroatoms. The van der Waals surface area contributed by atoms with Gasteiger partial charge in [0.1, 0.15) is 5.92 Å². The first-order chi connectivity index (χ1) is 12.7. The predicted octanol–water partition coefficient (Wildman–Crippen LogP) is 5.10. The third kappa shape index (κ3) is 4.21. The summed E-state index contributed by atoms with van der Waals surface area (Å²) in [7, 11) is 0. The zero-order valence-electron chi connectivity index (χ0n) is 14.0. The van der Waals surface area contributed by atoms with Gasteiger partial charge in [0.05, 0.1) is 5.25 Å². The molecule has 0 aliphatic heterocycles. The van der Waals surface area contributed by atoms with Crippen molar-refractivity contribution in [2.24, 2.45) is 5.92 Å². The Labute approximate surface area is 156 Å². The molecule has 130 valence electrons. The van der Waals surface area contributed by atoms with Crippen LogP contribution in [0.4, 0.5) is 0 Å². The average Bonchev–Trinajstić information content (AvgIpc) is 2.69. The Morgan fingerprint density at radius 2 is 1.23 bits per heavy atom. The van der Waals surface area contributed by atoms with Gasteiger partial charge in [0.2, 0.25) is 0 Å². The van der Waals surface area contributed by atoms with Crippen LogP contribution in [0.25, 0.3) is 0 Å². The monoisotopic (exact) mass is 362 g/mol. The number of hydrogen-bond donors (Lipinski definition) is 1. The largest absolute Gasteiger partial charge is 0.481 e. The predicted molar refractivity (Wildman–Crippen MR) is 103 cm³/mol. The van der Waals surface area contributed by atoms with Crippen molar-refractivity contribution < 1.29 is 14.7 Å². The van der Waals surface area contributed by atoms with E-state index >= 15 is 0 Å². The molecule has 0 spiro atoms. The molecule has 3 aromatic rings. The van der Waals surface area contributed by atoms with Gasteiger partial charge in [-0.15, -0.1) is 11.8 Å². The highest BCUT2D eigenvalue weighted by molar-refractivity contribution is 7.99. The lowest BCUT2D eigenvalue weighted by molar-refractivity contribution is -0.140. The van der Waals surface area contributed by atoms with Crippen molar-refractivity contribution in [2.45, 2.75) is 10.1 Å². The van der Waals surface area contributed by atoms with Crippen molar-refractivity contribution in [1.29, 1.82) is 0 Å². The number of benzene rings is 3. The van der Waals surface area contributed by atoms with Gasteiger partial charge in [-0.3, -0.25) is 9.59 Å². The fourth-order valence-corrected chi connectivity index (χ4v) is 4.05. The van der Waals surface area contributed by atoms with Gasteiger partial charge < -0.3 is 5.11 Å². The molecule has 0 aliphatic carbocycles. The average molecular weight is 362 g/mol. The van der Waals surface area contributed by atoms with E-state index in [1.807, 2.05) is 60.7 Å². The molecule has 3 rings (SSSR count). The van der Waals surface area contributed by atoms with E-state index in [1.165, 1.54) is 11.8 Å². The zero-order chi connectivity index (χ0) is 18.4. The summed E-state index contributed by atoms with van der Waals surface area (Å²) < 4.78 is 0. The lowest BCUT2D eigenvalue weighted by Crippen LogP contribution is -2.29. The van der Waals surface area contributed by atoms with Gasteiger partial charge in [0.15, 0.2) is 5.78 Å². The summed E-state index contributed by atoms with van der Waals surface area (Å²) >= 11 is 1.40. The maximum atomic E-state index is 13.0. The molecule has 3 aromatic carbocycles. The molecule has 0 amide bonds. The molecule has 0 aliphatic rings. The Hall–Kier alpha value is -2.85. The fraction of sp³-hybridized carbons (Fsp3) is 0.0909. The zero-order valence-corrected chi connectivity index (χ0v) is 14.8. The first-order valence-electron chi connectivity index (χ1n) is 8.25. The summed E-state index contributed by atoms with van der Waals surface area (Å²) in [6.07, 6.45) is 0. The Bertz CT molecular complexity index is 864. The second-order valence-electron chi connectivity index (χ2n) is 5.81. The van der Waals surface area contributed by atoms with Gasteiger partial charge in [-0.1, -0.05) is 78.9 Å². The lowest BCUT2D eigenvalue weighted by atomic mass is 9.91. The van der Waals surface area contributed by atoms with Crippen molar-refractivity contribution in [1.82, 2.24) is 0 Å². The van der Waals surface area contributed by atoms with Crippen molar-refractivity contribution in [2.75, 3.05) is 0 Å². The van der Waals surface area contributed by atoms with Crippen LogP contribution in [0.5, 0.6) is 0 Å². The van der Waals surface area contributed by atoms with E-state index in [4.69, 9.17) is 0 Å². The Morgan fingerprint density at radius 1 is 0.731 bits per heavy atom. The van der Waals surface area contributed by atoms with Gasteiger partial charge in [0, 0.05) is 10.5 Å². The smallest absolute Gasteiger partial charge is 0.315 e. The second kappa shape index (κ2) is 8.50. The lowest BCUT2D eigenvalue weighted by Gasteiger charge is -2.23. The normalized spacial score (nSPS) is 12.9. The maximum Gasteiger partial charge on any atom is 0.315 e. The third-order valence-corrected chi connectivity index (χ3v) is 5.39. The Kier molecular flexibility index (Phi) is 5.87. The summed E-state index contributed by atoms with van der Waals surface area (Å²) in [6, 6.07) is 27.5. The van der Waals surface area contributed by atoms with Crippen LogP contribution in [-0.4, -0.2) is 16.9 Å². The molecule has 0 radical (unpaired) electrons. The molecular formula is C22H18O3S. The van der Waals surface area contributed by atoms with Crippen LogP contribution in [0, 0.1) is 5.92 Å². The summed E-state index contributed by atoms with van der Waals surface area (Å²) in [6.45, 7) is 0. The van der Waals surface area contributed by atoms with E-state index in [0.29, 0.717) is 5.56 Å². The van der Waals surface area contributed by atoms with Crippen LogP contribution in [0.2, 0.25) is 0 Å². The van der Waals surface area contributed by atoms with E-state index in [0.717, 1.165) is 10.5 Å². The molecule has 0 fully saturated rings. The quantitative estimate of drug-likeness (QED) is 0.361. The molecular weight excluding hydrogens is 344 g/mol. The van der Waals surface area contributed by atoms with Gasteiger partial charge >= 0.3 is 5.97 Å². The molecule has 0 saturated carbocycles. The fourth-order valence-electron chi connectivity index (χ4n) is 2.78. The molecule has 0 heterocycles. The molecule has 0 saturated heterocycles. The molecule has 0 aromatic heterocycles. The van der Waals surface area contributed by atoms with Crippen LogP contribution in [0.1, 0.15) is 21.2 Å². The van der Waals surface area contributed by atoms with Crippen LogP contribution < -0.4 is 0 Å². The van der Waals surface area contributed by atoms with Gasteiger partial charge in [-0.25, -0.2) is 0 Å². The second-order valence-corrected chi connectivity index (χ2v) is 7.02. The Morgan fingerprint density at radius 3 is 1.77 bits per heavy atom. The SMILES string of the molecule is O=C(O)C(C(=O)c1ccccc1)C(Sc1ccccc1)c1ccccc1. The minimum atomic E-state index is -1.18. The molecule has 2 unspecified atom stereocenters. The minimum Gasteiger partial charge on any atom is -0.481 e. The number of ketones is 1. The molecule has 2 atom stereocenters. The summed E-state index contributed by atoms with van der Waals surface area (Å²) in [5.41, 5.74) is 1.23. The summed E-state index contributed by atoms with van der Waals surface area (Å²) in [5.74, 6) is -2.67. The maximum absolute atomic E-state index is 13.0. The van der Waals surface area contributed by atoms with Gasteiger partial charge in [-0.05, 0) is 17.7 Å². The summed E-state index contributed by atoms with van der Waals surface area (Å²) in [5, 5.41) is 9.36. The van der Waals surface area contributed by atoms with Crippen LogP contribution >= 0.6 is 11.8 Å². The van der Waals surface area contributed by atoms with E-state index in [-0.39, 0.29) is 5.78 Å². The van der Waals surface area contributed by atoms with Gasteiger partial charge in [-0.2, -0.15) is 0 Å². The third-order valence-electron chi connectivity index (χ3n) is 4.04. The van der Waals surface area contributed by atoms with E-state index in [9.17, 15) is 14.7 Å². The van der Waals surface area contributed by atoms with E-state index in [2.05, 4.69) is 0 Å². The van der Waals surface area contributed by atoms with Crippen molar-refractivity contribution in [3.8, 4) is 0 Å². The number of carbonyl (C=O) groups is 2. The minimum absolute atomic E-state index is 0.379. The van der Waals surface area contributed by atoms with Crippen molar-refractivity contribution in [3.63, 3.8) is 0 Å². The van der Waals surface area contributed by atoms with Crippen molar-refractivity contribution in [3.05, 3.63) is 102 Å². The van der Waals surface area contributed by atoms with E-state index in [1.54, 1.807) is 30.3 Å². The van der Waals surface area contributed by atoms with Crippen LogP contribution in [-0.2, 0) is 4.79 Å². The molecule has 3 nitrogen and oxygen atoms in total. The number of carboxylic acids is 1. The van der Waals surface area contributed by atoms with Crippen LogP contribution in [0.3, 0.4) is 0 Å². The summed E-state index contributed by atoms with van der Waals surface area (Å²) in [4.78, 5) is 26.0. The number of carbonyl (C=O) groups excluding carboxylic acids is 1. The number of carboxylic acid groups (broad SMARTS) is 1. The van der Waals surface area contributed by atoms with E-state index < -0.39 is 17.1 Å².